The highest BCUT2D eigenvalue weighted by molar-refractivity contribution is 6.32. The van der Waals surface area contributed by atoms with Crippen molar-refractivity contribution in [2.45, 2.75) is 13.3 Å². The van der Waals surface area contributed by atoms with E-state index in [0.717, 1.165) is 0 Å². The quantitative estimate of drug-likeness (QED) is 0.631. The van der Waals surface area contributed by atoms with E-state index in [1.54, 1.807) is 25.1 Å². The average molecular weight is 239 g/mol. The Balaban J connectivity index is 2.36. The second-order valence-corrected chi connectivity index (χ2v) is 3.32. The van der Waals surface area contributed by atoms with Gasteiger partial charge in [0, 0.05) is 6.54 Å². The molecule has 0 spiro atoms. The predicted molar refractivity (Wildman–Crippen MR) is 59.7 cm³/mol. The van der Waals surface area contributed by atoms with Gasteiger partial charge >= 0.3 is 11.9 Å². The molecule has 0 aliphatic carbocycles. The standard InChI is InChI=1S/C12H14FNO3/c1-2-17-12(16)11(15)14-8-7-9-5-3-4-6-10(9)13/h3-6H,2,7-8H2,1H3,(H,14,15). The fourth-order valence-electron chi connectivity index (χ4n) is 1.28. The number of halogens is 1. The van der Waals surface area contributed by atoms with E-state index in [1.165, 1.54) is 6.07 Å². The number of rotatable bonds is 4. The van der Waals surface area contributed by atoms with Crippen molar-refractivity contribution in [2.75, 3.05) is 13.2 Å². The number of ether oxygens (including phenoxy) is 1. The number of hydrogen-bond acceptors (Lipinski definition) is 3. The van der Waals surface area contributed by atoms with Crippen LogP contribution in [0, 0.1) is 5.82 Å². The van der Waals surface area contributed by atoms with Crippen molar-refractivity contribution < 1.29 is 18.7 Å². The van der Waals surface area contributed by atoms with Crippen LogP contribution in [0.2, 0.25) is 0 Å². The van der Waals surface area contributed by atoms with Crippen LogP contribution >= 0.6 is 0 Å². The SMILES string of the molecule is CCOC(=O)C(=O)NCCc1ccccc1F. The first-order valence-corrected chi connectivity index (χ1v) is 5.33. The highest BCUT2D eigenvalue weighted by Gasteiger charge is 2.13. The normalized spacial score (nSPS) is 9.76. The van der Waals surface area contributed by atoms with Crippen molar-refractivity contribution in [1.82, 2.24) is 5.32 Å². The van der Waals surface area contributed by atoms with Gasteiger partial charge in [0.25, 0.3) is 0 Å². The minimum absolute atomic E-state index is 0.152. The molecule has 0 bridgehead atoms. The van der Waals surface area contributed by atoms with Gasteiger partial charge < -0.3 is 10.1 Å². The number of esters is 1. The molecule has 92 valence electrons. The van der Waals surface area contributed by atoms with Gasteiger partial charge in [0.05, 0.1) is 6.61 Å². The molecule has 1 N–H and O–H groups in total. The Morgan fingerprint density at radius 3 is 2.71 bits per heavy atom. The molecule has 0 aromatic heterocycles. The highest BCUT2D eigenvalue weighted by atomic mass is 19.1. The molecule has 1 aromatic rings. The molecule has 1 aromatic carbocycles. The van der Waals surface area contributed by atoms with Gasteiger partial charge in [-0.3, -0.25) is 4.79 Å². The Morgan fingerprint density at radius 2 is 2.06 bits per heavy atom. The lowest BCUT2D eigenvalue weighted by molar-refractivity contribution is -0.154. The third-order valence-corrected chi connectivity index (χ3v) is 2.10. The van der Waals surface area contributed by atoms with E-state index in [2.05, 4.69) is 10.1 Å². The van der Waals surface area contributed by atoms with Gasteiger partial charge in [-0.1, -0.05) is 18.2 Å². The van der Waals surface area contributed by atoms with E-state index in [0.29, 0.717) is 12.0 Å². The van der Waals surface area contributed by atoms with Crippen molar-refractivity contribution in [3.05, 3.63) is 35.6 Å². The average Bonchev–Trinajstić information content (AvgIpc) is 2.31. The van der Waals surface area contributed by atoms with Crippen molar-refractivity contribution in [3.8, 4) is 0 Å². The van der Waals surface area contributed by atoms with Gasteiger partial charge in [0.2, 0.25) is 0 Å². The summed E-state index contributed by atoms with van der Waals surface area (Å²) in [6.07, 6.45) is 0.331. The molecule has 0 radical (unpaired) electrons. The van der Waals surface area contributed by atoms with Crippen LogP contribution in [0.4, 0.5) is 4.39 Å². The summed E-state index contributed by atoms with van der Waals surface area (Å²) in [6.45, 7) is 1.96. The minimum atomic E-state index is -0.916. The van der Waals surface area contributed by atoms with Crippen LogP contribution in [0.25, 0.3) is 0 Å². The lowest BCUT2D eigenvalue weighted by atomic mass is 10.1. The first-order valence-electron chi connectivity index (χ1n) is 5.33. The molecule has 1 amide bonds. The molecule has 0 atom stereocenters. The Labute approximate surface area is 98.8 Å². The van der Waals surface area contributed by atoms with Crippen molar-refractivity contribution in [1.29, 1.82) is 0 Å². The second kappa shape index (κ2) is 6.62. The summed E-state index contributed by atoms with van der Waals surface area (Å²) in [5, 5.41) is 2.36. The van der Waals surface area contributed by atoms with E-state index >= 15 is 0 Å². The van der Waals surface area contributed by atoms with Crippen LogP contribution in [0.15, 0.2) is 24.3 Å². The lowest BCUT2D eigenvalue weighted by Crippen LogP contribution is -2.33. The molecule has 4 nitrogen and oxygen atoms in total. The van der Waals surface area contributed by atoms with Crippen molar-refractivity contribution in [2.24, 2.45) is 0 Å². The van der Waals surface area contributed by atoms with Crippen LogP contribution in [0.5, 0.6) is 0 Å². The molecule has 0 unspecified atom stereocenters. The Kier molecular flexibility index (Phi) is 5.13. The maximum atomic E-state index is 13.2. The van der Waals surface area contributed by atoms with Crippen LogP contribution in [0.1, 0.15) is 12.5 Å². The zero-order chi connectivity index (χ0) is 12.7. The van der Waals surface area contributed by atoms with Crippen LogP contribution < -0.4 is 5.32 Å². The fourth-order valence-corrected chi connectivity index (χ4v) is 1.28. The largest absolute Gasteiger partial charge is 0.459 e. The Hall–Kier alpha value is -1.91. The molecule has 0 saturated heterocycles. The minimum Gasteiger partial charge on any atom is -0.459 e. The zero-order valence-corrected chi connectivity index (χ0v) is 9.53. The van der Waals surface area contributed by atoms with Crippen molar-refractivity contribution >= 4 is 11.9 Å². The van der Waals surface area contributed by atoms with E-state index in [1.807, 2.05) is 0 Å². The Bertz CT molecular complexity index is 406. The maximum absolute atomic E-state index is 13.2. The molecule has 0 heterocycles. The number of amides is 1. The van der Waals surface area contributed by atoms with Gasteiger partial charge in [-0.15, -0.1) is 0 Å². The van der Waals surface area contributed by atoms with E-state index < -0.39 is 11.9 Å². The molecule has 1 rings (SSSR count). The summed E-state index contributed by atoms with van der Waals surface area (Å²) in [7, 11) is 0. The van der Waals surface area contributed by atoms with Gasteiger partial charge in [-0.05, 0) is 25.0 Å². The van der Waals surface area contributed by atoms with E-state index in [-0.39, 0.29) is 19.0 Å². The van der Waals surface area contributed by atoms with Gasteiger partial charge in [-0.25, -0.2) is 9.18 Å². The third-order valence-electron chi connectivity index (χ3n) is 2.10. The third kappa shape index (κ3) is 4.22. The van der Waals surface area contributed by atoms with Crippen LogP contribution in [-0.2, 0) is 20.7 Å². The molecule has 0 aliphatic heterocycles. The van der Waals surface area contributed by atoms with Crippen molar-refractivity contribution in [3.63, 3.8) is 0 Å². The maximum Gasteiger partial charge on any atom is 0.396 e. The van der Waals surface area contributed by atoms with Gasteiger partial charge in [0.1, 0.15) is 5.82 Å². The molecular weight excluding hydrogens is 225 g/mol. The summed E-state index contributed by atoms with van der Waals surface area (Å²) >= 11 is 0. The number of carbonyl (C=O) groups is 2. The number of carbonyl (C=O) groups excluding carboxylic acids is 2. The molecule has 0 fully saturated rings. The van der Waals surface area contributed by atoms with E-state index in [9.17, 15) is 14.0 Å². The van der Waals surface area contributed by atoms with Crippen LogP contribution in [0.3, 0.4) is 0 Å². The molecule has 17 heavy (non-hydrogen) atoms. The highest BCUT2D eigenvalue weighted by Crippen LogP contribution is 2.05. The molecule has 0 saturated carbocycles. The summed E-state index contributed by atoms with van der Waals surface area (Å²) < 4.78 is 17.7. The van der Waals surface area contributed by atoms with Crippen LogP contribution in [-0.4, -0.2) is 25.0 Å². The fraction of sp³-hybridized carbons (Fsp3) is 0.333. The molecule has 5 heteroatoms. The second-order valence-electron chi connectivity index (χ2n) is 3.32. The summed E-state index contributed by atoms with van der Waals surface area (Å²) in [5.41, 5.74) is 0.497. The smallest absolute Gasteiger partial charge is 0.396 e. The first-order chi connectivity index (χ1) is 8.15. The Morgan fingerprint density at radius 1 is 1.35 bits per heavy atom. The molecular formula is C12H14FNO3. The summed E-state index contributed by atoms with van der Waals surface area (Å²) in [5.74, 6) is -2.04. The monoisotopic (exact) mass is 239 g/mol. The van der Waals surface area contributed by atoms with Gasteiger partial charge in [-0.2, -0.15) is 0 Å². The first kappa shape index (κ1) is 13.2. The van der Waals surface area contributed by atoms with E-state index in [4.69, 9.17) is 0 Å². The molecule has 0 aliphatic rings. The summed E-state index contributed by atoms with van der Waals surface area (Å²) in [6, 6.07) is 6.29. The van der Waals surface area contributed by atoms with Gasteiger partial charge in [0.15, 0.2) is 0 Å². The topological polar surface area (TPSA) is 55.4 Å². The zero-order valence-electron chi connectivity index (χ0n) is 9.53. The summed E-state index contributed by atoms with van der Waals surface area (Å²) in [4.78, 5) is 22.1. The number of benzene rings is 1. The number of nitrogens with one attached hydrogen (secondary N) is 1. The predicted octanol–water partition coefficient (Wildman–Crippen LogP) is 1.05. The lowest BCUT2D eigenvalue weighted by Gasteiger charge is -2.05. The number of hydrogen-bond donors (Lipinski definition) is 1.